The highest BCUT2D eigenvalue weighted by atomic mass is 35.5. The maximum atomic E-state index is 5.96. The molecule has 1 heterocycles. The van der Waals surface area contributed by atoms with Gasteiger partial charge in [0.25, 0.3) is 0 Å². The Balaban J connectivity index is 2.37. The molecule has 0 saturated carbocycles. The molecule has 0 radical (unpaired) electrons. The van der Waals surface area contributed by atoms with Crippen LogP contribution in [0.1, 0.15) is 12.5 Å². The van der Waals surface area contributed by atoms with E-state index in [0.29, 0.717) is 21.7 Å². The summed E-state index contributed by atoms with van der Waals surface area (Å²) in [6.45, 7) is 2.00. The van der Waals surface area contributed by atoms with Gasteiger partial charge < -0.3 is 10.7 Å². The van der Waals surface area contributed by atoms with Crippen LogP contribution in [0.5, 0.6) is 0 Å². The van der Waals surface area contributed by atoms with Gasteiger partial charge in [-0.3, -0.25) is 0 Å². The molecular formula is C12H13Cl2N5. The molecule has 100 valence electrons. The zero-order valence-corrected chi connectivity index (χ0v) is 11.8. The molecule has 5 nitrogen and oxygen atoms in total. The molecular weight excluding hydrogens is 285 g/mol. The molecule has 19 heavy (non-hydrogen) atoms. The first-order chi connectivity index (χ1) is 9.13. The van der Waals surface area contributed by atoms with E-state index in [2.05, 4.69) is 20.7 Å². The van der Waals surface area contributed by atoms with E-state index in [1.165, 1.54) is 6.33 Å². The van der Waals surface area contributed by atoms with Crippen LogP contribution in [0.4, 0.5) is 17.3 Å². The number of nitrogens with one attached hydrogen (secondary N) is 2. The van der Waals surface area contributed by atoms with Gasteiger partial charge in [0.05, 0.1) is 0 Å². The Labute approximate surface area is 121 Å². The monoisotopic (exact) mass is 297 g/mol. The quantitative estimate of drug-likeness (QED) is 0.596. The van der Waals surface area contributed by atoms with Gasteiger partial charge in [0.2, 0.25) is 0 Å². The number of benzene rings is 1. The number of halogens is 2. The van der Waals surface area contributed by atoms with Crippen molar-refractivity contribution < 1.29 is 0 Å². The summed E-state index contributed by atoms with van der Waals surface area (Å²) >= 11 is 11.9. The van der Waals surface area contributed by atoms with E-state index < -0.39 is 0 Å². The molecule has 0 amide bonds. The highest BCUT2D eigenvalue weighted by Crippen LogP contribution is 2.27. The van der Waals surface area contributed by atoms with E-state index in [1.54, 1.807) is 18.2 Å². The van der Waals surface area contributed by atoms with Crippen molar-refractivity contribution in [3.8, 4) is 0 Å². The van der Waals surface area contributed by atoms with Gasteiger partial charge >= 0.3 is 0 Å². The summed E-state index contributed by atoms with van der Waals surface area (Å²) < 4.78 is 0. The van der Waals surface area contributed by atoms with Crippen LogP contribution in [0.25, 0.3) is 0 Å². The molecule has 0 aliphatic carbocycles. The van der Waals surface area contributed by atoms with Crippen molar-refractivity contribution >= 4 is 40.5 Å². The lowest BCUT2D eigenvalue weighted by Gasteiger charge is -2.13. The van der Waals surface area contributed by atoms with E-state index >= 15 is 0 Å². The second kappa shape index (κ2) is 6.06. The number of rotatable bonds is 4. The molecule has 0 spiro atoms. The van der Waals surface area contributed by atoms with Gasteiger partial charge in [0.1, 0.15) is 18.0 Å². The molecule has 1 aromatic heterocycles. The van der Waals surface area contributed by atoms with Gasteiger partial charge in [-0.05, 0) is 24.6 Å². The summed E-state index contributed by atoms with van der Waals surface area (Å²) in [4.78, 5) is 8.27. The van der Waals surface area contributed by atoms with Crippen LogP contribution >= 0.6 is 23.2 Å². The zero-order valence-electron chi connectivity index (χ0n) is 10.2. The predicted molar refractivity (Wildman–Crippen MR) is 79.0 cm³/mol. The highest BCUT2D eigenvalue weighted by molar-refractivity contribution is 6.35. The lowest BCUT2D eigenvalue weighted by atomic mass is 10.2. The molecule has 0 saturated heterocycles. The van der Waals surface area contributed by atoms with E-state index in [-0.39, 0.29) is 0 Å². The smallest absolute Gasteiger partial charge is 0.148 e. The van der Waals surface area contributed by atoms with Gasteiger partial charge in [-0.1, -0.05) is 30.1 Å². The first-order valence-electron chi connectivity index (χ1n) is 5.67. The normalized spacial score (nSPS) is 10.3. The lowest BCUT2D eigenvalue weighted by molar-refractivity contribution is 1.04. The Kier molecular flexibility index (Phi) is 4.42. The fourth-order valence-electron chi connectivity index (χ4n) is 1.74. The van der Waals surface area contributed by atoms with Crippen molar-refractivity contribution in [1.82, 2.24) is 9.97 Å². The van der Waals surface area contributed by atoms with E-state index in [9.17, 15) is 0 Å². The number of nitrogens with two attached hydrogens (primary N) is 1. The van der Waals surface area contributed by atoms with Gasteiger partial charge in [0.15, 0.2) is 0 Å². The number of nitrogen functional groups attached to an aromatic ring is 1. The van der Waals surface area contributed by atoms with Crippen molar-refractivity contribution in [3.63, 3.8) is 0 Å². The van der Waals surface area contributed by atoms with Crippen molar-refractivity contribution in [2.45, 2.75) is 13.3 Å². The minimum absolute atomic E-state index is 0.555. The number of hydrogen-bond acceptors (Lipinski definition) is 5. The molecule has 0 bridgehead atoms. The Morgan fingerprint density at radius 3 is 2.32 bits per heavy atom. The summed E-state index contributed by atoms with van der Waals surface area (Å²) in [5.74, 6) is 6.69. The SMILES string of the molecule is CCc1c(NN)ncnc1Nc1cc(Cl)cc(Cl)c1. The Morgan fingerprint density at radius 1 is 1.11 bits per heavy atom. The topological polar surface area (TPSA) is 75.9 Å². The maximum Gasteiger partial charge on any atom is 0.148 e. The zero-order chi connectivity index (χ0) is 13.8. The van der Waals surface area contributed by atoms with Gasteiger partial charge in [0, 0.05) is 21.3 Å². The fourth-order valence-corrected chi connectivity index (χ4v) is 2.27. The molecule has 0 aliphatic rings. The number of hydrogen-bond donors (Lipinski definition) is 3. The highest BCUT2D eigenvalue weighted by Gasteiger charge is 2.09. The fraction of sp³-hybridized carbons (Fsp3) is 0.167. The summed E-state index contributed by atoms with van der Waals surface area (Å²) in [7, 11) is 0. The predicted octanol–water partition coefficient (Wildman–Crippen LogP) is 3.38. The number of anilines is 3. The molecule has 1 aromatic carbocycles. The minimum Gasteiger partial charge on any atom is -0.340 e. The van der Waals surface area contributed by atoms with Crippen LogP contribution in [0, 0.1) is 0 Å². The van der Waals surface area contributed by atoms with Crippen LogP contribution in [-0.4, -0.2) is 9.97 Å². The van der Waals surface area contributed by atoms with Crippen molar-refractivity contribution in [3.05, 3.63) is 40.1 Å². The molecule has 2 aromatic rings. The van der Waals surface area contributed by atoms with Crippen LogP contribution in [0.15, 0.2) is 24.5 Å². The standard InChI is InChI=1S/C12H13Cl2N5/c1-2-10-11(16-6-17-12(10)19-15)18-9-4-7(13)3-8(14)5-9/h3-6H,2,15H2,1H3,(H2,16,17,18,19). The average Bonchev–Trinajstić information content (AvgIpc) is 2.37. The third-order valence-electron chi connectivity index (χ3n) is 2.56. The first kappa shape index (κ1) is 13.9. The Hall–Kier alpha value is -1.56. The van der Waals surface area contributed by atoms with Crippen molar-refractivity contribution in [1.29, 1.82) is 0 Å². The molecule has 0 atom stereocenters. The summed E-state index contributed by atoms with van der Waals surface area (Å²) in [6, 6.07) is 5.21. The third kappa shape index (κ3) is 3.26. The second-order valence-corrected chi connectivity index (χ2v) is 4.70. The number of aromatic nitrogens is 2. The van der Waals surface area contributed by atoms with Crippen molar-refractivity contribution in [2.24, 2.45) is 5.84 Å². The molecule has 4 N–H and O–H groups in total. The van der Waals surface area contributed by atoms with E-state index in [0.717, 1.165) is 17.7 Å². The molecule has 0 unspecified atom stereocenters. The second-order valence-electron chi connectivity index (χ2n) is 3.83. The molecule has 7 heteroatoms. The van der Waals surface area contributed by atoms with E-state index in [4.69, 9.17) is 29.0 Å². The number of hydrazine groups is 1. The minimum atomic E-state index is 0.555. The summed E-state index contributed by atoms with van der Waals surface area (Å²) in [6.07, 6.45) is 2.17. The van der Waals surface area contributed by atoms with Gasteiger partial charge in [-0.25, -0.2) is 15.8 Å². The number of nitrogens with zero attached hydrogens (tertiary/aromatic N) is 2. The Morgan fingerprint density at radius 2 is 1.74 bits per heavy atom. The third-order valence-corrected chi connectivity index (χ3v) is 3.00. The first-order valence-corrected chi connectivity index (χ1v) is 6.43. The van der Waals surface area contributed by atoms with E-state index in [1.807, 2.05) is 6.92 Å². The van der Waals surface area contributed by atoms with Crippen LogP contribution in [0.2, 0.25) is 10.0 Å². The molecule has 0 fully saturated rings. The molecule has 0 aliphatic heterocycles. The molecule has 2 rings (SSSR count). The van der Waals surface area contributed by atoms with Crippen LogP contribution in [-0.2, 0) is 6.42 Å². The van der Waals surface area contributed by atoms with Crippen LogP contribution in [0.3, 0.4) is 0 Å². The van der Waals surface area contributed by atoms with Gasteiger partial charge in [-0.2, -0.15) is 0 Å². The lowest BCUT2D eigenvalue weighted by Crippen LogP contribution is -2.13. The Bertz CT molecular complexity index is 568. The largest absolute Gasteiger partial charge is 0.340 e. The average molecular weight is 298 g/mol. The summed E-state index contributed by atoms with van der Waals surface area (Å²) in [5, 5.41) is 4.27. The van der Waals surface area contributed by atoms with Crippen molar-refractivity contribution in [2.75, 3.05) is 10.7 Å². The van der Waals surface area contributed by atoms with Gasteiger partial charge in [-0.15, -0.1) is 0 Å². The maximum absolute atomic E-state index is 5.96. The summed E-state index contributed by atoms with van der Waals surface area (Å²) in [5.41, 5.74) is 4.20. The van der Waals surface area contributed by atoms with Crippen LogP contribution < -0.4 is 16.6 Å².